The van der Waals surface area contributed by atoms with E-state index in [-0.39, 0.29) is 11.4 Å². The Morgan fingerprint density at radius 3 is 2.97 bits per heavy atom. The Morgan fingerprint density at radius 2 is 2.17 bits per heavy atom. The van der Waals surface area contributed by atoms with E-state index >= 15 is 0 Å². The lowest BCUT2D eigenvalue weighted by Gasteiger charge is -2.26. The minimum absolute atomic E-state index is 0.232. The number of benzene rings is 1. The van der Waals surface area contributed by atoms with Crippen LogP contribution in [-0.4, -0.2) is 57.6 Å². The lowest BCUT2D eigenvalue weighted by atomic mass is 10.1. The number of anilines is 1. The van der Waals surface area contributed by atoms with Gasteiger partial charge in [0, 0.05) is 24.1 Å². The summed E-state index contributed by atoms with van der Waals surface area (Å²) in [5.74, 6) is 1.21. The number of hydrogen-bond donors (Lipinski definition) is 2. The Hall–Kier alpha value is -3.56. The number of amidine groups is 1. The fraction of sp³-hybridized carbons (Fsp3) is 0.350. The molecular weight excluding hydrogens is 387 g/mol. The van der Waals surface area contributed by atoms with Crippen molar-refractivity contribution in [3.05, 3.63) is 30.3 Å². The molecule has 1 aromatic carbocycles. The molecule has 9 nitrogen and oxygen atoms in total. The number of halogens is 1. The van der Waals surface area contributed by atoms with Gasteiger partial charge in [0.05, 0.1) is 30.6 Å². The van der Waals surface area contributed by atoms with Crippen LogP contribution >= 0.6 is 0 Å². The zero-order valence-electron chi connectivity index (χ0n) is 16.5. The van der Waals surface area contributed by atoms with Crippen molar-refractivity contribution in [3.8, 4) is 17.1 Å². The van der Waals surface area contributed by atoms with E-state index in [1.807, 2.05) is 13.0 Å². The molecule has 5 rings (SSSR count). The monoisotopic (exact) mass is 408 g/mol. The first-order valence-corrected chi connectivity index (χ1v) is 9.76. The van der Waals surface area contributed by atoms with Gasteiger partial charge in [-0.2, -0.15) is 5.10 Å². The van der Waals surface area contributed by atoms with Crippen molar-refractivity contribution < 1.29 is 9.13 Å². The molecule has 0 spiro atoms. The molecular formula is C20H21FN8O. The first kappa shape index (κ1) is 18.5. The molecule has 154 valence electrons. The van der Waals surface area contributed by atoms with Crippen molar-refractivity contribution >= 4 is 28.9 Å². The Labute approximate surface area is 171 Å². The summed E-state index contributed by atoms with van der Waals surface area (Å²) < 4.78 is 20.3. The fourth-order valence-corrected chi connectivity index (χ4v) is 3.45. The third-order valence-corrected chi connectivity index (χ3v) is 5.37. The fourth-order valence-electron chi connectivity index (χ4n) is 3.45. The topological polar surface area (TPSA) is 118 Å². The number of aromatic amines is 1. The molecule has 1 aliphatic carbocycles. The highest BCUT2D eigenvalue weighted by Crippen LogP contribution is 2.41. The van der Waals surface area contributed by atoms with Crippen LogP contribution in [-0.2, 0) is 0 Å². The summed E-state index contributed by atoms with van der Waals surface area (Å²) >= 11 is 0. The predicted molar refractivity (Wildman–Crippen MR) is 113 cm³/mol. The van der Waals surface area contributed by atoms with Crippen LogP contribution in [0.4, 0.5) is 10.2 Å². The number of ether oxygens (including phenoxy) is 1. The summed E-state index contributed by atoms with van der Waals surface area (Å²) in [6, 6.07) is 4.96. The molecule has 3 aromatic rings. The van der Waals surface area contributed by atoms with Gasteiger partial charge < -0.3 is 15.4 Å². The van der Waals surface area contributed by atoms with Crippen LogP contribution < -0.4 is 15.4 Å². The smallest absolute Gasteiger partial charge is 0.167 e. The molecule has 0 amide bonds. The van der Waals surface area contributed by atoms with Crippen LogP contribution in [0.1, 0.15) is 19.8 Å². The number of rotatable bonds is 4. The van der Waals surface area contributed by atoms with Crippen LogP contribution in [0, 0.1) is 5.82 Å². The van der Waals surface area contributed by atoms with Crippen LogP contribution in [0.3, 0.4) is 0 Å². The molecule has 30 heavy (non-hydrogen) atoms. The van der Waals surface area contributed by atoms with E-state index in [1.165, 1.54) is 18.7 Å². The van der Waals surface area contributed by atoms with Gasteiger partial charge in [-0.25, -0.2) is 19.4 Å². The maximum atomic E-state index is 14.5. The summed E-state index contributed by atoms with van der Waals surface area (Å²) in [7, 11) is 0. The second kappa shape index (κ2) is 7.05. The van der Waals surface area contributed by atoms with Crippen LogP contribution in [0.5, 0.6) is 5.75 Å². The summed E-state index contributed by atoms with van der Waals surface area (Å²) in [4.78, 5) is 19.3. The predicted octanol–water partition coefficient (Wildman–Crippen LogP) is 2.30. The molecule has 10 heteroatoms. The van der Waals surface area contributed by atoms with Crippen molar-refractivity contribution in [2.24, 2.45) is 15.7 Å². The second-order valence-corrected chi connectivity index (χ2v) is 7.71. The summed E-state index contributed by atoms with van der Waals surface area (Å²) in [5.41, 5.74) is 6.94. The van der Waals surface area contributed by atoms with E-state index in [0.29, 0.717) is 42.4 Å². The molecule has 0 radical (unpaired) electrons. The quantitative estimate of drug-likeness (QED) is 0.505. The Bertz CT molecular complexity index is 1170. The first-order chi connectivity index (χ1) is 14.5. The highest BCUT2D eigenvalue weighted by atomic mass is 19.1. The van der Waals surface area contributed by atoms with E-state index in [2.05, 4.69) is 35.1 Å². The van der Waals surface area contributed by atoms with Gasteiger partial charge in [-0.1, -0.05) is 0 Å². The molecule has 3 N–H and O–H groups in total. The number of nitrogens with two attached hydrogens (primary N) is 1. The maximum Gasteiger partial charge on any atom is 0.167 e. The highest BCUT2D eigenvalue weighted by molar-refractivity contribution is 5.94. The van der Waals surface area contributed by atoms with Crippen LogP contribution in [0.25, 0.3) is 22.3 Å². The highest BCUT2D eigenvalue weighted by Gasteiger charge is 2.40. The summed E-state index contributed by atoms with van der Waals surface area (Å²) in [6.07, 6.45) is 4.58. The van der Waals surface area contributed by atoms with Crippen molar-refractivity contribution in [3.63, 3.8) is 0 Å². The van der Waals surface area contributed by atoms with E-state index in [9.17, 15) is 4.39 Å². The molecule has 1 saturated carbocycles. The standard InChI is InChI=1S/C20H21FN8O/c1-20(2-3-20)30-16-6-12-14(7-13(16)21)27-28-19(12)15-8-18(26-11-25-15)29-5-4-23-17(9-29)24-10-22/h6-8,10-11H,2-5,9H2,1H3,(H,27,28)(H2,22,23,24). The number of aromatic nitrogens is 4. The van der Waals surface area contributed by atoms with E-state index in [4.69, 9.17) is 10.5 Å². The molecule has 2 aromatic heterocycles. The van der Waals surface area contributed by atoms with Crippen molar-refractivity contribution in [2.75, 3.05) is 24.5 Å². The summed E-state index contributed by atoms with van der Waals surface area (Å²) in [5, 5.41) is 8.00. The zero-order chi connectivity index (χ0) is 20.7. The van der Waals surface area contributed by atoms with Gasteiger partial charge in [0.25, 0.3) is 0 Å². The Balaban J connectivity index is 1.49. The lowest BCUT2D eigenvalue weighted by Crippen LogP contribution is -2.36. The first-order valence-electron chi connectivity index (χ1n) is 9.76. The molecule has 3 heterocycles. The van der Waals surface area contributed by atoms with Gasteiger partial charge in [0.2, 0.25) is 0 Å². The van der Waals surface area contributed by atoms with Crippen LogP contribution in [0.2, 0.25) is 0 Å². The van der Waals surface area contributed by atoms with Gasteiger partial charge in [-0.3, -0.25) is 10.1 Å². The van der Waals surface area contributed by atoms with E-state index < -0.39 is 5.82 Å². The third kappa shape index (κ3) is 3.44. The Morgan fingerprint density at radius 1 is 1.30 bits per heavy atom. The van der Waals surface area contributed by atoms with Gasteiger partial charge >= 0.3 is 0 Å². The summed E-state index contributed by atoms with van der Waals surface area (Å²) in [6.45, 7) is 3.81. The van der Waals surface area contributed by atoms with Crippen molar-refractivity contribution in [2.45, 2.75) is 25.4 Å². The SMILES string of the molecule is CC1(Oc2cc3c(-c4cc(N5CCN=C(N=CN)C5)ncn4)n[nH]c3cc2F)CC1. The normalized spacial score (nSPS) is 18.1. The van der Waals surface area contributed by atoms with E-state index in [0.717, 1.165) is 24.0 Å². The molecule has 0 saturated heterocycles. The average Bonchev–Trinajstić information content (AvgIpc) is 3.34. The molecule has 1 aliphatic heterocycles. The van der Waals surface area contributed by atoms with E-state index in [1.54, 1.807) is 6.07 Å². The lowest BCUT2D eigenvalue weighted by molar-refractivity contribution is 0.191. The number of hydrogen-bond acceptors (Lipinski definition) is 7. The van der Waals surface area contributed by atoms with Crippen LogP contribution in [0.15, 0.2) is 34.5 Å². The van der Waals surface area contributed by atoms with Crippen molar-refractivity contribution in [1.29, 1.82) is 0 Å². The number of fused-ring (bicyclic) bond motifs is 1. The number of H-pyrrole nitrogens is 1. The molecule has 0 atom stereocenters. The molecule has 2 aliphatic rings. The third-order valence-electron chi connectivity index (χ3n) is 5.37. The zero-order valence-corrected chi connectivity index (χ0v) is 16.5. The number of nitrogens with one attached hydrogen (secondary N) is 1. The average molecular weight is 408 g/mol. The molecule has 1 fully saturated rings. The minimum atomic E-state index is -0.408. The molecule has 0 unspecified atom stereocenters. The van der Waals surface area contributed by atoms with Crippen molar-refractivity contribution in [1.82, 2.24) is 20.2 Å². The molecule has 0 bridgehead atoms. The largest absolute Gasteiger partial charge is 0.484 e. The number of nitrogens with zero attached hydrogens (tertiary/aromatic N) is 6. The Kier molecular flexibility index (Phi) is 4.34. The van der Waals surface area contributed by atoms with Gasteiger partial charge in [-0.15, -0.1) is 0 Å². The number of aliphatic imine (C=N–C) groups is 2. The van der Waals surface area contributed by atoms with Gasteiger partial charge in [0.1, 0.15) is 29.3 Å². The van der Waals surface area contributed by atoms with Gasteiger partial charge in [-0.05, 0) is 25.8 Å². The minimum Gasteiger partial charge on any atom is -0.484 e. The second-order valence-electron chi connectivity index (χ2n) is 7.71. The maximum absolute atomic E-state index is 14.5. The van der Waals surface area contributed by atoms with Gasteiger partial charge in [0.15, 0.2) is 11.6 Å².